The Morgan fingerprint density at radius 3 is 2.80 bits per heavy atom. The van der Waals surface area contributed by atoms with Gasteiger partial charge in [0.1, 0.15) is 5.82 Å². The Balaban J connectivity index is 2.23. The summed E-state index contributed by atoms with van der Waals surface area (Å²) in [4.78, 5) is 16.7. The quantitative estimate of drug-likeness (QED) is 0.746. The number of hydrogen-bond donors (Lipinski definition) is 2. The third-order valence-electron chi connectivity index (χ3n) is 2.27. The zero-order chi connectivity index (χ0) is 11.0. The van der Waals surface area contributed by atoms with Gasteiger partial charge in [0, 0.05) is 19.3 Å². The zero-order valence-electron chi connectivity index (χ0n) is 7.85. The predicted octanol–water partition coefficient (Wildman–Crippen LogP) is 0.0148. The van der Waals surface area contributed by atoms with Crippen molar-refractivity contribution in [3.63, 3.8) is 0 Å². The van der Waals surface area contributed by atoms with Gasteiger partial charge in [-0.1, -0.05) is 11.6 Å². The van der Waals surface area contributed by atoms with Crippen molar-refractivity contribution in [3.8, 4) is 0 Å². The lowest BCUT2D eigenvalue weighted by molar-refractivity contribution is 0.0999. The molecule has 15 heavy (non-hydrogen) atoms. The molecule has 6 heteroatoms. The first-order valence-electron chi connectivity index (χ1n) is 4.46. The van der Waals surface area contributed by atoms with Gasteiger partial charge < -0.3 is 15.7 Å². The molecular formula is C9H10ClN3O2. The van der Waals surface area contributed by atoms with Crippen molar-refractivity contribution in [1.29, 1.82) is 0 Å². The number of hydrogen-bond acceptors (Lipinski definition) is 4. The number of halogens is 1. The summed E-state index contributed by atoms with van der Waals surface area (Å²) in [6.45, 7) is 1.03. The second-order valence-electron chi connectivity index (χ2n) is 3.45. The molecular weight excluding hydrogens is 218 g/mol. The largest absolute Gasteiger partial charge is 0.389 e. The molecule has 1 fully saturated rings. The van der Waals surface area contributed by atoms with Crippen LogP contribution in [0.3, 0.4) is 0 Å². The van der Waals surface area contributed by atoms with Crippen LogP contribution in [0.2, 0.25) is 5.02 Å². The van der Waals surface area contributed by atoms with E-state index in [1.807, 2.05) is 4.90 Å². The van der Waals surface area contributed by atoms with Crippen LogP contribution in [0.25, 0.3) is 0 Å². The van der Waals surface area contributed by atoms with E-state index in [4.69, 9.17) is 22.4 Å². The monoisotopic (exact) mass is 227 g/mol. The molecule has 0 bridgehead atoms. The summed E-state index contributed by atoms with van der Waals surface area (Å²) in [6, 6.07) is 1.48. The molecule has 80 valence electrons. The van der Waals surface area contributed by atoms with E-state index in [9.17, 15) is 4.79 Å². The van der Waals surface area contributed by atoms with Crippen molar-refractivity contribution in [3.05, 3.63) is 22.8 Å². The molecule has 1 saturated heterocycles. The van der Waals surface area contributed by atoms with Crippen LogP contribution in [0.1, 0.15) is 10.4 Å². The number of anilines is 1. The molecule has 0 radical (unpaired) electrons. The van der Waals surface area contributed by atoms with Gasteiger partial charge >= 0.3 is 0 Å². The molecule has 3 N–H and O–H groups in total. The number of carbonyl (C=O) groups excluding carboxylic acids is 1. The van der Waals surface area contributed by atoms with Gasteiger partial charge in [-0.25, -0.2) is 4.98 Å². The number of rotatable bonds is 2. The first-order chi connectivity index (χ1) is 7.08. The van der Waals surface area contributed by atoms with Crippen LogP contribution >= 0.6 is 11.6 Å². The SMILES string of the molecule is NC(=O)c1cnc(N2CC(O)C2)c(Cl)c1. The Hall–Kier alpha value is -1.33. The van der Waals surface area contributed by atoms with E-state index in [-0.39, 0.29) is 11.7 Å². The second kappa shape index (κ2) is 3.67. The molecule has 0 atom stereocenters. The Morgan fingerprint density at radius 1 is 1.67 bits per heavy atom. The molecule has 1 aliphatic heterocycles. The fourth-order valence-electron chi connectivity index (χ4n) is 1.43. The summed E-state index contributed by atoms with van der Waals surface area (Å²) in [7, 11) is 0. The Morgan fingerprint density at radius 2 is 2.33 bits per heavy atom. The molecule has 0 aromatic carbocycles. The van der Waals surface area contributed by atoms with Crippen LogP contribution in [-0.4, -0.2) is 35.2 Å². The van der Waals surface area contributed by atoms with Crippen LogP contribution in [0, 0.1) is 0 Å². The van der Waals surface area contributed by atoms with Gasteiger partial charge in [0.15, 0.2) is 0 Å². The number of nitrogens with zero attached hydrogens (tertiary/aromatic N) is 2. The number of aliphatic hydroxyl groups is 1. The van der Waals surface area contributed by atoms with Gasteiger partial charge in [-0.3, -0.25) is 4.79 Å². The third-order valence-corrected chi connectivity index (χ3v) is 2.55. The van der Waals surface area contributed by atoms with Gasteiger partial charge in [0.2, 0.25) is 5.91 Å². The number of amides is 1. The summed E-state index contributed by atoms with van der Waals surface area (Å²) in [5.74, 6) is 0.0200. The van der Waals surface area contributed by atoms with Crippen molar-refractivity contribution in [2.45, 2.75) is 6.10 Å². The zero-order valence-corrected chi connectivity index (χ0v) is 8.61. The smallest absolute Gasteiger partial charge is 0.250 e. The molecule has 1 amide bonds. The lowest BCUT2D eigenvalue weighted by atomic mass is 10.1. The fraction of sp³-hybridized carbons (Fsp3) is 0.333. The standard InChI is InChI=1S/C9H10ClN3O2/c10-7-1-5(8(11)15)2-12-9(7)13-3-6(14)4-13/h1-2,6,14H,3-4H2,(H2,11,15). The van der Waals surface area contributed by atoms with Crippen LogP contribution < -0.4 is 10.6 Å². The summed E-state index contributed by atoms with van der Waals surface area (Å²) < 4.78 is 0. The highest BCUT2D eigenvalue weighted by Crippen LogP contribution is 2.27. The first kappa shape index (κ1) is 10.2. The topological polar surface area (TPSA) is 79.5 Å². The summed E-state index contributed by atoms with van der Waals surface area (Å²) in [5, 5.41) is 9.50. The normalized spacial score (nSPS) is 16.3. The highest BCUT2D eigenvalue weighted by atomic mass is 35.5. The number of nitrogens with two attached hydrogens (primary N) is 1. The first-order valence-corrected chi connectivity index (χ1v) is 4.84. The minimum atomic E-state index is -0.556. The molecule has 0 unspecified atom stereocenters. The maximum Gasteiger partial charge on any atom is 0.250 e. The van der Waals surface area contributed by atoms with Gasteiger partial charge in [-0.15, -0.1) is 0 Å². The van der Waals surface area contributed by atoms with Crippen molar-refractivity contribution in [2.75, 3.05) is 18.0 Å². The van der Waals surface area contributed by atoms with E-state index in [1.54, 1.807) is 0 Å². The average molecular weight is 228 g/mol. The number of primary amides is 1. The lowest BCUT2D eigenvalue weighted by Gasteiger charge is -2.37. The van der Waals surface area contributed by atoms with E-state index in [2.05, 4.69) is 4.98 Å². The molecule has 2 heterocycles. The van der Waals surface area contributed by atoms with E-state index in [1.165, 1.54) is 12.3 Å². The van der Waals surface area contributed by atoms with E-state index in [0.717, 1.165) is 0 Å². The molecule has 1 aliphatic rings. The van der Waals surface area contributed by atoms with Gasteiger partial charge in [-0.05, 0) is 6.07 Å². The Bertz CT molecular complexity index is 404. The number of β-amino-alcohol motifs (C(OH)–C–C–N with tert-alkyl or cyclic N) is 1. The maximum absolute atomic E-state index is 10.8. The lowest BCUT2D eigenvalue weighted by Crippen LogP contribution is -2.51. The number of aliphatic hydroxyl groups excluding tert-OH is 1. The highest BCUT2D eigenvalue weighted by molar-refractivity contribution is 6.33. The molecule has 1 aromatic rings. The summed E-state index contributed by atoms with van der Waals surface area (Å²) in [6.07, 6.45) is 1.06. The number of pyridine rings is 1. The number of carbonyl (C=O) groups is 1. The van der Waals surface area contributed by atoms with Crippen LogP contribution in [0.4, 0.5) is 5.82 Å². The molecule has 0 saturated carbocycles. The van der Waals surface area contributed by atoms with Crippen LogP contribution in [0.15, 0.2) is 12.3 Å². The molecule has 1 aromatic heterocycles. The summed E-state index contributed by atoms with van der Waals surface area (Å²) >= 11 is 5.94. The van der Waals surface area contributed by atoms with Crippen molar-refractivity contribution in [2.24, 2.45) is 5.73 Å². The Kier molecular flexibility index (Phi) is 2.50. The molecule has 2 rings (SSSR count). The maximum atomic E-state index is 10.8. The fourth-order valence-corrected chi connectivity index (χ4v) is 1.71. The van der Waals surface area contributed by atoms with E-state index < -0.39 is 5.91 Å². The Labute approximate surface area is 91.5 Å². The van der Waals surface area contributed by atoms with Crippen LogP contribution in [-0.2, 0) is 0 Å². The molecule has 0 aliphatic carbocycles. The van der Waals surface area contributed by atoms with Crippen LogP contribution in [0.5, 0.6) is 0 Å². The predicted molar refractivity (Wildman–Crippen MR) is 56.0 cm³/mol. The van der Waals surface area contributed by atoms with E-state index >= 15 is 0 Å². The minimum Gasteiger partial charge on any atom is -0.389 e. The van der Waals surface area contributed by atoms with Gasteiger partial charge in [0.25, 0.3) is 0 Å². The van der Waals surface area contributed by atoms with E-state index in [0.29, 0.717) is 23.9 Å². The van der Waals surface area contributed by atoms with Crippen molar-refractivity contribution in [1.82, 2.24) is 4.98 Å². The van der Waals surface area contributed by atoms with Gasteiger partial charge in [0.05, 0.1) is 16.7 Å². The summed E-state index contributed by atoms with van der Waals surface area (Å²) in [5.41, 5.74) is 5.37. The number of aromatic nitrogens is 1. The highest BCUT2D eigenvalue weighted by Gasteiger charge is 2.27. The molecule has 5 nitrogen and oxygen atoms in total. The van der Waals surface area contributed by atoms with Crippen molar-refractivity contribution < 1.29 is 9.90 Å². The second-order valence-corrected chi connectivity index (χ2v) is 3.86. The average Bonchev–Trinajstić information content (AvgIpc) is 2.13. The van der Waals surface area contributed by atoms with Gasteiger partial charge in [-0.2, -0.15) is 0 Å². The van der Waals surface area contributed by atoms with Crippen molar-refractivity contribution >= 4 is 23.3 Å². The third kappa shape index (κ3) is 1.88. The molecule has 0 spiro atoms. The minimum absolute atomic E-state index is 0.282.